The van der Waals surface area contributed by atoms with Gasteiger partial charge in [0.15, 0.2) is 0 Å². The summed E-state index contributed by atoms with van der Waals surface area (Å²) in [6.07, 6.45) is 3.01. The van der Waals surface area contributed by atoms with Gasteiger partial charge in [-0.3, -0.25) is 0 Å². The molecule has 2 N–H and O–H groups in total. The number of carbonyl (C=O) groups excluding carboxylic acids is 1. The smallest absolute Gasteiger partial charge is 0.341 e. The number of hydrogen-bond donors (Lipinski definition) is 2. The van der Waals surface area contributed by atoms with Gasteiger partial charge in [0, 0.05) is 18.3 Å². The number of nitrogens with one attached hydrogen (secondary N) is 1. The molecule has 0 aliphatic carbocycles. The van der Waals surface area contributed by atoms with Gasteiger partial charge in [-0.05, 0) is 31.9 Å². The van der Waals surface area contributed by atoms with Crippen LogP contribution < -0.4 is 5.32 Å². The number of pyridine rings is 1. The summed E-state index contributed by atoms with van der Waals surface area (Å²) in [4.78, 5) is 15.8. The lowest BCUT2D eigenvalue weighted by molar-refractivity contribution is 0.0601. The van der Waals surface area contributed by atoms with Crippen LogP contribution in [0.2, 0.25) is 0 Å². The molecule has 0 saturated carbocycles. The minimum atomic E-state index is -0.423. The monoisotopic (exact) mass is 252 g/mol. The summed E-state index contributed by atoms with van der Waals surface area (Å²) in [5, 5.41) is 12.3. The molecule has 1 aromatic rings. The second kappa shape index (κ2) is 6.35. The maximum absolute atomic E-state index is 11.6. The summed E-state index contributed by atoms with van der Waals surface area (Å²) >= 11 is 0. The van der Waals surface area contributed by atoms with Crippen molar-refractivity contribution >= 4 is 11.8 Å². The van der Waals surface area contributed by atoms with Crippen molar-refractivity contribution in [2.75, 3.05) is 19.0 Å². The third kappa shape index (κ3) is 3.43. The van der Waals surface area contributed by atoms with E-state index < -0.39 is 5.97 Å². The molecule has 18 heavy (non-hydrogen) atoms. The van der Waals surface area contributed by atoms with E-state index in [1.807, 2.05) is 13.8 Å². The number of anilines is 1. The molecule has 1 rings (SSSR count). The second-order valence-corrected chi connectivity index (χ2v) is 4.40. The Bertz CT molecular complexity index is 409. The maximum atomic E-state index is 11.6. The van der Waals surface area contributed by atoms with E-state index in [1.165, 1.54) is 7.11 Å². The summed E-state index contributed by atoms with van der Waals surface area (Å²) in [6.45, 7) is 4.08. The molecule has 5 nitrogen and oxygen atoms in total. The summed E-state index contributed by atoms with van der Waals surface area (Å²) in [7, 11) is 1.34. The van der Waals surface area contributed by atoms with Crippen molar-refractivity contribution in [1.82, 2.24) is 4.98 Å². The number of rotatable bonds is 6. The van der Waals surface area contributed by atoms with E-state index in [1.54, 1.807) is 18.3 Å². The Labute approximate surface area is 107 Å². The van der Waals surface area contributed by atoms with Crippen LogP contribution in [0.1, 0.15) is 37.0 Å². The van der Waals surface area contributed by atoms with Crippen LogP contribution in [-0.4, -0.2) is 35.3 Å². The molecule has 0 radical (unpaired) electrons. The van der Waals surface area contributed by atoms with E-state index in [2.05, 4.69) is 10.3 Å². The Morgan fingerprint density at radius 2 is 2.33 bits per heavy atom. The lowest BCUT2D eigenvalue weighted by atomic mass is 9.94. The van der Waals surface area contributed by atoms with E-state index >= 15 is 0 Å². The number of aliphatic hydroxyl groups excluding tert-OH is 1. The third-order valence-corrected chi connectivity index (χ3v) is 3.08. The highest BCUT2D eigenvalue weighted by Crippen LogP contribution is 2.23. The SMILES string of the molecule is CCC(C)(CCO)Nc1ncccc1C(=O)OC. The normalized spacial score (nSPS) is 13.8. The van der Waals surface area contributed by atoms with Crippen molar-refractivity contribution in [3.63, 3.8) is 0 Å². The van der Waals surface area contributed by atoms with Gasteiger partial charge in [0.2, 0.25) is 0 Å². The Kier molecular flexibility index (Phi) is 5.09. The third-order valence-electron chi connectivity index (χ3n) is 3.08. The maximum Gasteiger partial charge on any atom is 0.341 e. The minimum absolute atomic E-state index is 0.0811. The van der Waals surface area contributed by atoms with E-state index in [0.29, 0.717) is 17.8 Å². The minimum Gasteiger partial charge on any atom is -0.465 e. The number of aliphatic hydroxyl groups is 1. The molecule has 0 aliphatic heterocycles. The van der Waals surface area contributed by atoms with Crippen LogP contribution in [0.15, 0.2) is 18.3 Å². The largest absolute Gasteiger partial charge is 0.465 e. The first kappa shape index (κ1) is 14.4. The van der Waals surface area contributed by atoms with Gasteiger partial charge in [0.05, 0.1) is 7.11 Å². The number of carbonyl (C=O) groups is 1. The molecule has 0 aliphatic rings. The number of aromatic nitrogens is 1. The zero-order chi connectivity index (χ0) is 13.6. The predicted molar refractivity (Wildman–Crippen MR) is 69.6 cm³/mol. The van der Waals surface area contributed by atoms with Gasteiger partial charge in [0.1, 0.15) is 11.4 Å². The summed E-state index contributed by atoms with van der Waals surface area (Å²) < 4.78 is 4.72. The molecular weight excluding hydrogens is 232 g/mol. The summed E-state index contributed by atoms with van der Waals surface area (Å²) in [6, 6.07) is 3.35. The topological polar surface area (TPSA) is 71.5 Å². The average Bonchev–Trinajstić information content (AvgIpc) is 2.39. The Hall–Kier alpha value is -1.62. The highest BCUT2D eigenvalue weighted by atomic mass is 16.5. The average molecular weight is 252 g/mol. The van der Waals surface area contributed by atoms with Crippen LogP contribution in [0.3, 0.4) is 0 Å². The number of nitrogens with zero attached hydrogens (tertiary/aromatic N) is 1. The van der Waals surface area contributed by atoms with E-state index in [0.717, 1.165) is 6.42 Å². The molecule has 1 heterocycles. The van der Waals surface area contributed by atoms with Crippen LogP contribution in [0.4, 0.5) is 5.82 Å². The molecule has 0 fully saturated rings. The van der Waals surface area contributed by atoms with Crippen LogP contribution in [0.25, 0.3) is 0 Å². The highest BCUT2D eigenvalue weighted by Gasteiger charge is 2.24. The van der Waals surface area contributed by atoms with Crippen molar-refractivity contribution in [2.24, 2.45) is 0 Å². The molecular formula is C13H20N2O3. The standard InChI is InChI=1S/C13H20N2O3/c1-4-13(2,7-9-16)15-11-10(12(17)18-3)6-5-8-14-11/h5-6,8,16H,4,7,9H2,1-3H3,(H,14,15). The molecule has 1 unspecified atom stereocenters. The molecule has 0 spiro atoms. The second-order valence-electron chi connectivity index (χ2n) is 4.40. The van der Waals surface area contributed by atoms with Gasteiger partial charge in [-0.2, -0.15) is 0 Å². The summed E-state index contributed by atoms with van der Waals surface area (Å²) in [5.41, 5.74) is 0.101. The number of methoxy groups -OCH3 is 1. The van der Waals surface area contributed by atoms with Gasteiger partial charge in [-0.25, -0.2) is 9.78 Å². The molecule has 0 aromatic carbocycles. The van der Waals surface area contributed by atoms with Crippen molar-refractivity contribution in [1.29, 1.82) is 0 Å². The van der Waals surface area contributed by atoms with Crippen molar-refractivity contribution in [2.45, 2.75) is 32.2 Å². The Balaban J connectivity index is 2.99. The number of hydrogen-bond acceptors (Lipinski definition) is 5. The highest BCUT2D eigenvalue weighted by molar-refractivity contribution is 5.94. The zero-order valence-corrected chi connectivity index (χ0v) is 11.1. The molecule has 100 valence electrons. The first-order chi connectivity index (χ1) is 8.56. The van der Waals surface area contributed by atoms with Crippen molar-refractivity contribution in [3.05, 3.63) is 23.9 Å². The first-order valence-electron chi connectivity index (χ1n) is 5.98. The van der Waals surface area contributed by atoms with Crippen molar-refractivity contribution in [3.8, 4) is 0 Å². The van der Waals surface area contributed by atoms with Crippen LogP contribution in [-0.2, 0) is 4.74 Å². The molecule has 0 amide bonds. The number of esters is 1. The zero-order valence-electron chi connectivity index (χ0n) is 11.1. The fourth-order valence-corrected chi connectivity index (χ4v) is 1.64. The van der Waals surface area contributed by atoms with Gasteiger partial charge >= 0.3 is 5.97 Å². The van der Waals surface area contributed by atoms with Gasteiger partial charge in [0.25, 0.3) is 0 Å². The van der Waals surface area contributed by atoms with Gasteiger partial charge < -0.3 is 15.2 Å². The summed E-state index contributed by atoms with van der Waals surface area (Å²) in [5.74, 6) is 0.0650. The van der Waals surface area contributed by atoms with E-state index in [9.17, 15) is 4.79 Å². The molecule has 1 atom stereocenters. The quantitative estimate of drug-likeness (QED) is 0.756. The fraction of sp³-hybridized carbons (Fsp3) is 0.538. The van der Waals surface area contributed by atoms with Gasteiger partial charge in [-0.15, -0.1) is 0 Å². The van der Waals surface area contributed by atoms with Crippen LogP contribution in [0, 0.1) is 0 Å². The van der Waals surface area contributed by atoms with Gasteiger partial charge in [-0.1, -0.05) is 6.92 Å². The Morgan fingerprint density at radius 1 is 1.61 bits per heavy atom. The Morgan fingerprint density at radius 3 is 2.89 bits per heavy atom. The van der Waals surface area contributed by atoms with Crippen LogP contribution in [0.5, 0.6) is 0 Å². The molecule has 0 bridgehead atoms. The lowest BCUT2D eigenvalue weighted by Crippen LogP contribution is -2.36. The number of ether oxygens (including phenoxy) is 1. The van der Waals surface area contributed by atoms with E-state index in [-0.39, 0.29) is 12.1 Å². The molecule has 1 aromatic heterocycles. The van der Waals surface area contributed by atoms with Crippen LogP contribution >= 0.6 is 0 Å². The molecule has 5 heteroatoms. The fourth-order valence-electron chi connectivity index (χ4n) is 1.64. The predicted octanol–water partition coefficient (Wildman–Crippen LogP) is 1.83. The lowest BCUT2D eigenvalue weighted by Gasteiger charge is -2.30. The van der Waals surface area contributed by atoms with Crippen molar-refractivity contribution < 1.29 is 14.6 Å². The molecule has 0 saturated heterocycles. The van der Waals surface area contributed by atoms with E-state index in [4.69, 9.17) is 9.84 Å². The first-order valence-corrected chi connectivity index (χ1v) is 5.98.